The highest BCUT2D eigenvalue weighted by atomic mass is 19.1. The molecule has 0 atom stereocenters. The van der Waals surface area contributed by atoms with Crippen LogP contribution in [0.3, 0.4) is 0 Å². The lowest BCUT2D eigenvalue weighted by molar-refractivity contribution is -0.392. The summed E-state index contributed by atoms with van der Waals surface area (Å²) in [6.07, 6.45) is 1.39. The van der Waals surface area contributed by atoms with Crippen molar-refractivity contribution in [2.45, 2.75) is 20.0 Å². The van der Waals surface area contributed by atoms with Crippen molar-refractivity contribution in [2.75, 3.05) is 5.32 Å². The molecule has 26 heavy (non-hydrogen) atoms. The van der Waals surface area contributed by atoms with E-state index in [0.717, 1.165) is 4.68 Å². The molecule has 3 aromatic rings. The van der Waals surface area contributed by atoms with E-state index in [1.807, 2.05) is 0 Å². The van der Waals surface area contributed by atoms with Crippen molar-refractivity contribution in [3.05, 3.63) is 63.8 Å². The van der Waals surface area contributed by atoms with E-state index in [9.17, 15) is 19.3 Å². The summed E-state index contributed by atoms with van der Waals surface area (Å²) in [4.78, 5) is 26.3. The van der Waals surface area contributed by atoms with Gasteiger partial charge in [0.15, 0.2) is 6.54 Å². The first-order chi connectivity index (χ1) is 12.4. The van der Waals surface area contributed by atoms with E-state index in [1.165, 1.54) is 29.2 Å². The molecule has 2 heterocycles. The summed E-state index contributed by atoms with van der Waals surface area (Å²) in [5.74, 6) is -1.15. The molecule has 1 N–H and O–H groups in total. The van der Waals surface area contributed by atoms with Gasteiger partial charge in [0.25, 0.3) is 5.91 Å². The van der Waals surface area contributed by atoms with Gasteiger partial charge >= 0.3 is 5.82 Å². The fourth-order valence-electron chi connectivity index (χ4n) is 2.35. The van der Waals surface area contributed by atoms with Gasteiger partial charge in [-0.2, -0.15) is 0 Å². The van der Waals surface area contributed by atoms with Crippen molar-refractivity contribution >= 4 is 17.7 Å². The molecule has 11 heteroatoms. The highest BCUT2D eigenvalue weighted by molar-refractivity contribution is 5.88. The third-order valence-corrected chi connectivity index (χ3v) is 3.38. The first-order valence-corrected chi connectivity index (χ1v) is 7.53. The molecule has 0 saturated carbocycles. The van der Waals surface area contributed by atoms with Gasteiger partial charge in [0, 0.05) is 0 Å². The number of anilines is 1. The van der Waals surface area contributed by atoms with Crippen LogP contribution in [-0.2, 0) is 17.9 Å². The second-order valence-corrected chi connectivity index (χ2v) is 5.50. The van der Waals surface area contributed by atoms with Crippen molar-refractivity contribution in [3.63, 3.8) is 0 Å². The van der Waals surface area contributed by atoms with Gasteiger partial charge in [0.1, 0.15) is 12.1 Å². The number of hydrogen-bond donors (Lipinski definition) is 1. The number of nitro groups is 1. The highest BCUT2D eigenvalue weighted by Crippen LogP contribution is 2.13. The third kappa shape index (κ3) is 4.06. The Kier molecular flexibility index (Phi) is 4.69. The summed E-state index contributed by atoms with van der Waals surface area (Å²) in [5.41, 5.74) is 1.12. The fourth-order valence-corrected chi connectivity index (χ4v) is 2.35. The molecular weight excluding hydrogens is 345 g/mol. The van der Waals surface area contributed by atoms with Gasteiger partial charge in [-0.25, -0.2) is 14.1 Å². The van der Waals surface area contributed by atoms with Gasteiger partial charge in [-0.15, -0.1) is 9.78 Å². The predicted octanol–water partition coefficient (Wildman–Crippen LogP) is 1.52. The first-order valence-electron chi connectivity index (χ1n) is 7.53. The molecule has 0 aliphatic carbocycles. The Morgan fingerprint density at radius 1 is 1.35 bits per heavy atom. The Balaban J connectivity index is 1.64. The van der Waals surface area contributed by atoms with Crippen molar-refractivity contribution in [1.82, 2.24) is 24.5 Å². The van der Waals surface area contributed by atoms with Crippen LogP contribution in [0.15, 0.2) is 36.7 Å². The Morgan fingerprint density at radius 2 is 2.15 bits per heavy atom. The van der Waals surface area contributed by atoms with Crippen LogP contribution in [0.2, 0.25) is 0 Å². The SMILES string of the molecule is Cc1cc([N+](=O)[O-])n(CC(=O)Nc2ncn(Cc3cccc(F)c3)n2)n1. The molecule has 2 aromatic heterocycles. The molecule has 134 valence electrons. The zero-order chi connectivity index (χ0) is 18.7. The number of carbonyl (C=O) groups is 1. The van der Waals surface area contributed by atoms with E-state index in [1.54, 1.807) is 19.1 Å². The summed E-state index contributed by atoms with van der Waals surface area (Å²) < 4.78 is 15.6. The van der Waals surface area contributed by atoms with Crippen molar-refractivity contribution < 1.29 is 14.1 Å². The summed E-state index contributed by atoms with van der Waals surface area (Å²) in [6.45, 7) is 1.53. The van der Waals surface area contributed by atoms with E-state index < -0.39 is 10.8 Å². The van der Waals surface area contributed by atoms with E-state index in [0.29, 0.717) is 11.3 Å². The zero-order valence-electron chi connectivity index (χ0n) is 13.7. The lowest BCUT2D eigenvalue weighted by Gasteiger charge is -2.01. The lowest BCUT2D eigenvalue weighted by Crippen LogP contribution is -2.21. The Labute approximate surface area is 146 Å². The summed E-state index contributed by atoms with van der Waals surface area (Å²) >= 11 is 0. The van der Waals surface area contributed by atoms with Crippen LogP contribution in [0, 0.1) is 22.9 Å². The molecule has 0 radical (unpaired) electrons. The van der Waals surface area contributed by atoms with Gasteiger partial charge in [-0.1, -0.05) is 17.2 Å². The second kappa shape index (κ2) is 7.09. The summed E-state index contributed by atoms with van der Waals surface area (Å²) in [6, 6.07) is 7.32. The Hall–Kier alpha value is -3.63. The highest BCUT2D eigenvalue weighted by Gasteiger charge is 2.20. The Morgan fingerprint density at radius 3 is 2.88 bits per heavy atom. The van der Waals surface area contributed by atoms with Crippen molar-refractivity contribution in [1.29, 1.82) is 0 Å². The largest absolute Gasteiger partial charge is 0.358 e. The van der Waals surface area contributed by atoms with Crippen LogP contribution in [0.4, 0.5) is 16.2 Å². The molecule has 0 aliphatic rings. The predicted molar refractivity (Wildman–Crippen MR) is 87.8 cm³/mol. The number of carbonyl (C=O) groups excluding carboxylic acids is 1. The van der Waals surface area contributed by atoms with Crippen LogP contribution >= 0.6 is 0 Å². The first kappa shape index (κ1) is 17.2. The topological polar surface area (TPSA) is 121 Å². The molecule has 10 nitrogen and oxygen atoms in total. The molecular formula is C15H14FN7O3. The van der Waals surface area contributed by atoms with Gasteiger partial charge in [-0.3, -0.25) is 10.1 Å². The smallest absolute Gasteiger partial charge is 0.345 e. The number of rotatable bonds is 6. The average molecular weight is 359 g/mol. The number of halogens is 1. The van der Waals surface area contributed by atoms with Gasteiger partial charge in [0.2, 0.25) is 5.95 Å². The van der Waals surface area contributed by atoms with Crippen LogP contribution in [0.5, 0.6) is 0 Å². The van der Waals surface area contributed by atoms with Gasteiger partial charge in [-0.05, 0) is 29.5 Å². The number of nitrogens with zero attached hydrogens (tertiary/aromatic N) is 6. The molecule has 1 amide bonds. The molecule has 3 rings (SSSR count). The van der Waals surface area contributed by atoms with Crippen LogP contribution in [-0.4, -0.2) is 35.4 Å². The maximum Gasteiger partial charge on any atom is 0.345 e. The van der Waals surface area contributed by atoms with E-state index in [4.69, 9.17) is 0 Å². The minimum atomic E-state index is -0.612. The maximum atomic E-state index is 13.2. The number of aromatic nitrogens is 5. The monoisotopic (exact) mass is 359 g/mol. The van der Waals surface area contributed by atoms with Gasteiger partial charge < -0.3 is 10.1 Å². The molecule has 1 aromatic carbocycles. The minimum absolute atomic E-state index is 0.0398. The second-order valence-electron chi connectivity index (χ2n) is 5.50. The lowest BCUT2D eigenvalue weighted by atomic mass is 10.2. The summed E-state index contributed by atoms with van der Waals surface area (Å²) in [5, 5.41) is 21.4. The molecule has 0 unspecified atom stereocenters. The molecule has 0 spiro atoms. The quantitative estimate of drug-likeness (QED) is 0.526. The molecule has 0 bridgehead atoms. The van der Waals surface area contributed by atoms with E-state index in [2.05, 4.69) is 20.5 Å². The molecule has 0 saturated heterocycles. The van der Waals surface area contributed by atoms with Crippen molar-refractivity contribution in [3.8, 4) is 0 Å². The van der Waals surface area contributed by atoms with Gasteiger partial charge in [0.05, 0.1) is 18.3 Å². The molecule has 0 aliphatic heterocycles. The Bertz CT molecular complexity index is 966. The number of hydrogen-bond acceptors (Lipinski definition) is 6. The van der Waals surface area contributed by atoms with Crippen LogP contribution in [0.25, 0.3) is 0 Å². The van der Waals surface area contributed by atoms with Crippen LogP contribution < -0.4 is 5.32 Å². The number of nitrogens with one attached hydrogen (secondary N) is 1. The number of benzene rings is 1. The normalized spacial score (nSPS) is 10.7. The molecule has 0 fully saturated rings. The minimum Gasteiger partial charge on any atom is -0.358 e. The average Bonchev–Trinajstić information content (AvgIpc) is 3.13. The zero-order valence-corrected chi connectivity index (χ0v) is 13.7. The number of amides is 1. The van der Waals surface area contributed by atoms with E-state index >= 15 is 0 Å². The van der Waals surface area contributed by atoms with Crippen molar-refractivity contribution in [2.24, 2.45) is 0 Å². The standard InChI is InChI=1S/C15H14FN7O3/c1-10-5-14(23(25)26)22(19-10)8-13(24)18-15-17-9-21(20-15)7-11-3-2-4-12(16)6-11/h2-6,9H,7-8H2,1H3,(H,18,20,24). The third-order valence-electron chi connectivity index (χ3n) is 3.38. The number of aryl methyl sites for hydroxylation is 1. The maximum absolute atomic E-state index is 13.2. The summed E-state index contributed by atoms with van der Waals surface area (Å²) in [7, 11) is 0. The van der Waals surface area contributed by atoms with Crippen LogP contribution in [0.1, 0.15) is 11.3 Å². The van der Waals surface area contributed by atoms with E-state index in [-0.39, 0.29) is 30.7 Å². The fraction of sp³-hybridized carbons (Fsp3) is 0.200.